The Hall–Kier alpha value is -2.33. The molecule has 5 rings (SSSR count). The third kappa shape index (κ3) is 3.27. The smallest absolute Gasteiger partial charge is 0.305 e. The largest absolute Gasteiger partial charge is 0.481 e. The Balaban J connectivity index is 1.90. The number of sulfone groups is 1. The van der Waals surface area contributed by atoms with Gasteiger partial charge in [-0.15, -0.1) is 0 Å². The monoisotopic (exact) mass is 445 g/mol. The van der Waals surface area contributed by atoms with Gasteiger partial charge in [0.25, 0.3) is 0 Å². The van der Waals surface area contributed by atoms with Crippen LogP contribution in [0.25, 0.3) is 10.8 Å². The summed E-state index contributed by atoms with van der Waals surface area (Å²) in [5.74, 6) is -1.62. The minimum absolute atomic E-state index is 0.0462. The lowest BCUT2D eigenvalue weighted by atomic mass is 9.66. The first-order valence-corrected chi connectivity index (χ1v) is 11.9. The Kier molecular flexibility index (Phi) is 5.41. The zero-order valence-electron chi connectivity index (χ0n) is 17.1. The number of hydrogen-bond acceptors (Lipinski definition) is 7. The Morgan fingerprint density at radius 2 is 1.77 bits per heavy atom. The highest BCUT2D eigenvalue weighted by atomic mass is 32.2. The summed E-state index contributed by atoms with van der Waals surface area (Å²) in [5, 5.41) is 13.4. The number of nitrogens with two attached hydrogens (primary N) is 2. The second-order valence-corrected chi connectivity index (χ2v) is 10.8. The van der Waals surface area contributed by atoms with Crippen molar-refractivity contribution in [3.05, 3.63) is 42.5 Å². The first-order valence-electron chi connectivity index (χ1n) is 10.4. The van der Waals surface area contributed by atoms with Gasteiger partial charge in [-0.2, -0.15) is 0 Å². The Bertz CT molecular complexity index is 1140. The molecule has 3 fully saturated rings. The van der Waals surface area contributed by atoms with Gasteiger partial charge in [-0.05, 0) is 43.1 Å². The number of benzene rings is 2. The van der Waals surface area contributed by atoms with Gasteiger partial charge in [-0.25, -0.2) is 8.42 Å². The molecule has 6 N–H and O–H groups in total. The fourth-order valence-corrected chi connectivity index (χ4v) is 7.40. The van der Waals surface area contributed by atoms with Crippen molar-refractivity contribution in [2.24, 2.45) is 22.8 Å². The predicted octanol–water partition coefficient (Wildman–Crippen LogP) is 1.38. The van der Waals surface area contributed by atoms with Gasteiger partial charge in [0.1, 0.15) is 0 Å². The fourth-order valence-electron chi connectivity index (χ4n) is 5.23. The van der Waals surface area contributed by atoms with Crippen molar-refractivity contribution in [3.63, 3.8) is 0 Å². The molecule has 2 bridgehead atoms. The molecule has 1 aliphatic carbocycles. The summed E-state index contributed by atoms with van der Waals surface area (Å²) in [4.78, 5) is 22.7. The van der Waals surface area contributed by atoms with E-state index in [9.17, 15) is 18.0 Å². The molecule has 0 spiro atoms. The number of aliphatic carboxylic acids is 1. The molecule has 2 heterocycles. The lowest BCUT2D eigenvalue weighted by Crippen LogP contribution is -2.72. The Labute approximate surface area is 180 Å². The van der Waals surface area contributed by atoms with Crippen molar-refractivity contribution < 1.29 is 23.1 Å². The molecule has 1 unspecified atom stereocenters. The second kappa shape index (κ2) is 7.67. The molecule has 3 aliphatic rings. The summed E-state index contributed by atoms with van der Waals surface area (Å²) >= 11 is 0. The Morgan fingerprint density at radius 1 is 1.13 bits per heavy atom. The molecule has 31 heavy (non-hydrogen) atoms. The van der Waals surface area contributed by atoms with E-state index < -0.39 is 44.5 Å². The number of carboxylic acid groups (broad SMARTS) is 1. The van der Waals surface area contributed by atoms with E-state index in [0.29, 0.717) is 24.8 Å². The molecular weight excluding hydrogens is 418 g/mol. The summed E-state index contributed by atoms with van der Waals surface area (Å²) < 4.78 is 28.2. The summed E-state index contributed by atoms with van der Waals surface area (Å²) in [5.41, 5.74) is 11.2. The molecule has 0 aromatic heterocycles. The lowest BCUT2D eigenvalue weighted by Gasteiger charge is -2.47. The normalized spacial score (nSPS) is 29.4. The summed E-state index contributed by atoms with van der Waals surface area (Å²) in [6.07, 6.45) is 1.17. The quantitative estimate of drug-likeness (QED) is 0.520. The second-order valence-electron chi connectivity index (χ2n) is 8.69. The summed E-state index contributed by atoms with van der Waals surface area (Å²) in [6, 6.07) is 10.7. The topological polar surface area (TPSA) is 153 Å². The molecule has 2 saturated heterocycles. The molecule has 2 atom stereocenters. The van der Waals surface area contributed by atoms with E-state index in [-0.39, 0.29) is 23.7 Å². The van der Waals surface area contributed by atoms with Gasteiger partial charge in [0.2, 0.25) is 9.84 Å². The average molecular weight is 446 g/mol. The van der Waals surface area contributed by atoms with Crippen LogP contribution in [0, 0.1) is 11.3 Å². The summed E-state index contributed by atoms with van der Waals surface area (Å²) in [7, 11) is -4.27. The van der Waals surface area contributed by atoms with Crippen LogP contribution < -0.4 is 16.8 Å². The van der Waals surface area contributed by atoms with Crippen LogP contribution in [0.15, 0.2) is 47.4 Å². The molecule has 1 saturated carbocycles. The number of fused-ring (bicyclic) bond motifs is 5. The van der Waals surface area contributed by atoms with Gasteiger partial charge < -0.3 is 10.8 Å². The summed E-state index contributed by atoms with van der Waals surface area (Å²) in [6.45, 7) is 0.365. The number of ketones is 1. The first kappa shape index (κ1) is 21.9. The van der Waals surface area contributed by atoms with Crippen LogP contribution in [0.3, 0.4) is 0 Å². The third-order valence-corrected chi connectivity index (χ3v) is 9.31. The van der Waals surface area contributed by atoms with Gasteiger partial charge >= 0.3 is 5.97 Å². The van der Waals surface area contributed by atoms with Crippen molar-refractivity contribution in [1.82, 2.24) is 5.32 Å². The van der Waals surface area contributed by atoms with Crippen molar-refractivity contribution in [2.45, 2.75) is 48.0 Å². The molecule has 9 heteroatoms. The molecule has 8 nitrogen and oxygen atoms in total. The van der Waals surface area contributed by atoms with E-state index >= 15 is 0 Å². The zero-order chi connectivity index (χ0) is 22.4. The molecular formula is C22H27N3O5S. The number of carbonyl (C=O) groups excluding carboxylic acids is 1. The van der Waals surface area contributed by atoms with Crippen LogP contribution in [0.5, 0.6) is 0 Å². The first-order chi connectivity index (χ1) is 14.6. The SMILES string of the molecule is N[C@@H](CC(=O)O)C(=O)C12CCC(CC1)CNC2(N)S(=O)(=O)c1cccc2ccccc12. The predicted molar refractivity (Wildman–Crippen MR) is 116 cm³/mol. The van der Waals surface area contributed by atoms with Gasteiger partial charge in [0.15, 0.2) is 10.8 Å². The van der Waals surface area contributed by atoms with E-state index in [1.54, 1.807) is 18.2 Å². The van der Waals surface area contributed by atoms with Crippen LogP contribution in [-0.2, 0) is 19.4 Å². The fraction of sp³-hybridized carbons (Fsp3) is 0.455. The van der Waals surface area contributed by atoms with Gasteiger partial charge in [0, 0.05) is 11.9 Å². The maximum absolute atomic E-state index is 14.1. The zero-order valence-corrected chi connectivity index (χ0v) is 17.9. The number of rotatable bonds is 6. The van der Waals surface area contributed by atoms with Gasteiger partial charge in [-0.1, -0.05) is 36.4 Å². The van der Waals surface area contributed by atoms with E-state index in [1.165, 1.54) is 6.07 Å². The van der Waals surface area contributed by atoms with Crippen molar-refractivity contribution in [1.29, 1.82) is 0 Å². The number of hydrogen-bond donors (Lipinski definition) is 4. The molecule has 2 aromatic carbocycles. The molecule has 0 radical (unpaired) electrons. The van der Waals surface area contributed by atoms with Crippen molar-refractivity contribution >= 4 is 32.4 Å². The number of carbonyl (C=O) groups is 2. The molecule has 2 aliphatic heterocycles. The lowest BCUT2D eigenvalue weighted by molar-refractivity contribution is -0.142. The highest BCUT2D eigenvalue weighted by molar-refractivity contribution is 7.93. The van der Waals surface area contributed by atoms with Crippen molar-refractivity contribution in [2.75, 3.05) is 6.54 Å². The van der Waals surface area contributed by atoms with Crippen LogP contribution in [-0.4, -0.2) is 42.9 Å². The van der Waals surface area contributed by atoms with E-state index in [0.717, 1.165) is 5.39 Å². The van der Waals surface area contributed by atoms with Crippen LogP contribution in [0.1, 0.15) is 32.1 Å². The molecule has 2 aromatic rings. The highest BCUT2D eigenvalue weighted by Gasteiger charge is 2.64. The molecule has 0 amide bonds. The number of carboxylic acids is 1. The standard InChI is InChI=1S/C22H27N3O5S/c23-17(12-19(26)27)20(28)21-10-8-14(9-11-21)13-25-22(21,24)31(29,30)18-7-3-5-15-4-1-2-6-16(15)18/h1-7,14,17,25H,8-13,23-24H2,(H,26,27)/t14?,17-,21?,22?/m0/s1. The maximum Gasteiger partial charge on any atom is 0.305 e. The maximum atomic E-state index is 14.1. The highest BCUT2D eigenvalue weighted by Crippen LogP contribution is 2.52. The van der Waals surface area contributed by atoms with E-state index in [4.69, 9.17) is 16.6 Å². The van der Waals surface area contributed by atoms with Gasteiger partial charge in [0.05, 0.1) is 22.8 Å². The van der Waals surface area contributed by atoms with Crippen LogP contribution in [0.4, 0.5) is 0 Å². The molecule has 166 valence electrons. The van der Waals surface area contributed by atoms with E-state index in [1.807, 2.05) is 18.2 Å². The van der Waals surface area contributed by atoms with Crippen LogP contribution >= 0.6 is 0 Å². The van der Waals surface area contributed by atoms with E-state index in [2.05, 4.69) is 5.32 Å². The average Bonchev–Trinajstić information content (AvgIpc) is 2.99. The van der Waals surface area contributed by atoms with Gasteiger partial charge in [-0.3, -0.25) is 20.6 Å². The number of Topliss-reactive ketones (excluding diaryl/α,β-unsaturated/α-hetero) is 1. The minimum atomic E-state index is -4.27. The minimum Gasteiger partial charge on any atom is -0.481 e. The van der Waals surface area contributed by atoms with Crippen LogP contribution in [0.2, 0.25) is 0 Å². The third-order valence-electron chi connectivity index (χ3n) is 6.99. The number of nitrogens with one attached hydrogen (secondary N) is 1. The van der Waals surface area contributed by atoms with Crippen molar-refractivity contribution in [3.8, 4) is 0 Å². The Morgan fingerprint density at radius 3 is 2.45 bits per heavy atom.